The monoisotopic (exact) mass is 519 g/mol. The zero-order valence-corrected chi connectivity index (χ0v) is 19.7. The largest absolute Gasteiger partial charge is 0.522 e. The van der Waals surface area contributed by atoms with E-state index in [0.717, 1.165) is 27.8 Å². The number of likely N-dealkylation sites (tertiary alicyclic amines) is 1. The Morgan fingerprint density at radius 1 is 1.03 bits per heavy atom. The maximum atomic E-state index is 12.7. The molecule has 0 atom stereocenters. The molecule has 0 unspecified atom stereocenters. The molecule has 1 fully saturated rings. The van der Waals surface area contributed by atoms with Gasteiger partial charge in [-0.15, -0.1) is 13.2 Å². The van der Waals surface area contributed by atoms with Crippen molar-refractivity contribution in [2.75, 3.05) is 18.4 Å². The van der Waals surface area contributed by atoms with Crippen molar-refractivity contribution in [2.45, 2.75) is 12.5 Å². The van der Waals surface area contributed by atoms with Crippen molar-refractivity contribution in [3.05, 3.63) is 78.9 Å². The van der Waals surface area contributed by atoms with Gasteiger partial charge in [0.15, 0.2) is 5.82 Å². The fourth-order valence-electron chi connectivity index (χ4n) is 4.29. The van der Waals surface area contributed by atoms with Crippen LogP contribution < -0.4 is 5.32 Å². The molecule has 0 aliphatic carbocycles. The second-order valence-electron chi connectivity index (χ2n) is 8.84. The molecular weight excluding hydrogens is 499 g/mol. The van der Waals surface area contributed by atoms with Crippen molar-refractivity contribution in [3.63, 3.8) is 0 Å². The highest BCUT2D eigenvalue weighted by Gasteiger charge is 2.41. The summed E-state index contributed by atoms with van der Waals surface area (Å²) in [6, 6.07) is 16.8. The number of rotatable bonds is 6. The first-order valence-electron chi connectivity index (χ1n) is 11.7. The first-order chi connectivity index (χ1) is 18.3. The number of aromatic nitrogens is 5. The zero-order chi connectivity index (χ0) is 26.3. The molecule has 5 aromatic rings. The summed E-state index contributed by atoms with van der Waals surface area (Å²) in [7, 11) is 0. The summed E-state index contributed by atoms with van der Waals surface area (Å²) in [6.45, 7) is -0.225. The third kappa shape index (κ3) is 4.93. The van der Waals surface area contributed by atoms with Crippen LogP contribution >= 0.6 is 0 Å². The number of ether oxygens (including phenoxy) is 1. The van der Waals surface area contributed by atoms with Crippen molar-refractivity contribution in [1.29, 1.82) is 0 Å². The summed E-state index contributed by atoms with van der Waals surface area (Å²) in [5.41, 5.74) is 4.60. The number of fused-ring (bicyclic) bond motifs is 1. The van der Waals surface area contributed by atoms with Gasteiger partial charge in [0.2, 0.25) is 0 Å². The summed E-state index contributed by atoms with van der Waals surface area (Å²) in [6.07, 6.45) is -0.513. The summed E-state index contributed by atoms with van der Waals surface area (Å²) in [4.78, 5) is 26.0. The average molecular weight is 519 g/mol. The van der Waals surface area contributed by atoms with Crippen LogP contribution in [0.25, 0.3) is 33.4 Å². The molecule has 4 heterocycles. The fourth-order valence-corrected chi connectivity index (χ4v) is 4.29. The van der Waals surface area contributed by atoms with Crippen molar-refractivity contribution >= 4 is 28.3 Å². The van der Waals surface area contributed by atoms with Gasteiger partial charge in [-0.1, -0.05) is 24.3 Å². The third-order valence-corrected chi connectivity index (χ3v) is 6.19. The molecule has 6 rings (SSSR count). The molecule has 0 bridgehead atoms. The van der Waals surface area contributed by atoms with E-state index in [2.05, 4.69) is 35.2 Å². The molecule has 12 heteroatoms. The number of nitrogens with zero attached hydrogens (tertiary/aromatic N) is 4. The van der Waals surface area contributed by atoms with E-state index in [1.165, 1.54) is 4.90 Å². The minimum atomic E-state index is -4.71. The van der Waals surface area contributed by atoms with Gasteiger partial charge in [-0.3, -0.25) is 14.6 Å². The van der Waals surface area contributed by atoms with Crippen LogP contribution in [0.1, 0.15) is 10.5 Å². The number of amides is 1. The molecular formula is C26H20F3N7O2. The summed E-state index contributed by atoms with van der Waals surface area (Å²) in [5.74, 6) is 0.720. The molecule has 1 aliphatic rings. The first-order valence-corrected chi connectivity index (χ1v) is 11.7. The van der Waals surface area contributed by atoms with Gasteiger partial charge in [-0.2, -0.15) is 5.10 Å². The summed E-state index contributed by atoms with van der Waals surface area (Å²) in [5, 5.41) is 10.8. The Labute approximate surface area is 213 Å². The van der Waals surface area contributed by atoms with Crippen LogP contribution in [0.2, 0.25) is 0 Å². The highest BCUT2D eigenvalue weighted by atomic mass is 19.4. The molecule has 1 saturated heterocycles. The van der Waals surface area contributed by atoms with Gasteiger partial charge in [0.05, 0.1) is 6.20 Å². The van der Waals surface area contributed by atoms with Crippen LogP contribution in [-0.4, -0.2) is 61.5 Å². The number of H-pyrrole nitrogens is 2. The highest BCUT2D eigenvalue weighted by molar-refractivity contribution is 5.99. The van der Waals surface area contributed by atoms with Crippen molar-refractivity contribution in [2.24, 2.45) is 0 Å². The smallest absolute Gasteiger partial charge is 0.351 e. The Bertz CT molecular complexity index is 1590. The van der Waals surface area contributed by atoms with E-state index in [4.69, 9.17) is 0 Å². The third-order valence-electron chi connectivity index (χ3n) is 6.19. The van der Waals surface area contributed by atoms with Gasteiger partial charge in [0.1, 0.15) is 17.6 Å². The number of aromatic amines is 2. The van der Waals surface area contributed by atoms with Gasteiger partial charge in [-0.25, -0.2) is 9.97 Å². The lowest BCUT2D eigenvalue weighted by Gasteiger charge is -2.38. The number of hydrogen-bond acceptors (Lipinski definition) is 6. The molecule has 9 nitrogen and oxygen atoms in total. The van der Waals surface area contributed by atoms with E-state index in [-0.39, 0.29) is 24.7 Å². The van der Waals surface area contributed by atoms with E-state index in [1.807, 2.05) is 48.7 Å². The van der Waals surface area contributed by atoms with Gasteiger partial charge in [0, 0.05) is 53.2 Å². The van der Waals surface area contributed by atoms with E-state index < -0.39 is 12.5 Å². The number of carbonyl (C=O) groups is 1. The summed E-state index contributed by atoms with van der Waals surface area (Å²) >= 11 is 0. The second kappa shape index (κ2) is 9.30. The molecule has 38 heavy (non-hydrogen) atoms. The van der Waals surface area contributed by atoms with Gasteiger partial charge < -0.3 is 15.2 Å². The Kier molecular flexibility index (Phi) is 5.80. The SMILES string of the molecule is O=C(c1cc2ccc(-c3nccc(Nc4ccc(-c5cn[nH]c5)cc4)n3)cc2[nH]1)N1CC(OC(F)(F)F)C1. The lowest BCUT2D eigenvalue weighted by atomic mass is 10.1. The van der Waals surface area contributed by atoms with Crippen LogP contribution in [0.4, 0.5) is 24.7 Å². The Balaban J connectivity index is 1.16. The Morgan fingerprint density at radius 2 is 1.82 bits per heavy atom. The molecule has 0 radical (unpaired) electrons. The molecule has 1 amide bonds. The standard InChI is InChI=1S/C26H20F3N7O2/c27-26(28,29)38-20-13-36(14-20)25(37)22-9-16-1-2-17(10-21(16)34-22)24-30-8-7-23(35-24)33-19-5-3-15(4-6-19)18-11-31-32-12-18/h1-12,20,34H,13-14H2,(H,31,32)(H,30,33,35). The second-order valence-corrected chi connectivity index (χ2v) is 8.84. The number of nitrogens with one attached hydrogen (secondary N) is 3. The van der Waals surface area contributed by atoms with E-state index in [9.17, 15) is 18.0 Å². The molecule has 192 valence electrons. The number of anilines is 2. The average Bonchev–Trinajstić information content (AvgIpc) is 3.56. The number of hydrogen-bond donors (Lipinski definition) is 3. The number of carbonyl (C=O) groups excluding carboxylic acids is 1. The van der Waals surface area contributed by atoms with Crippen molar-refractivity contribution in [1.82, 2.24) is 30.0 Å². The maximum Gasteiger partial charge on any atom is 0.522 e. The van der Waals surface area contributed by atoms with Gasteiger partial charge >= 0.3 is 6.36 Å². The summed E-state index contributed by atoms with van der Waals surface area (Å²) < 4.78 is 41.0. The zero-order valence-electron chi connectivity index (χ0n) is 19.7. The molecule has 3 aromatic heterocycles. The van der Waals surface area contributed by atoms with E-state index >= 15 is 0 Å². The number of alkyl halides is 3. The fraction of sp³-hybridized carbons (Fsp3) is 0.154. The lowest BCUT2D eigenvalue weighted by molar-refractivity contribution is -0.352. The number of benzene rings is 2. The quantitative estimate of drug-likeness (QED) is 0.287. The predicted molar refractivity (Wildman–Crippen MR) is 133 cm³/mol. The van der Waals surface area contributed by atoms with E-state index in [0.29, 0.717) is 17.2 Å². The highest BCUT2D eigenvalue weighted by Crippen LogP contribution is 2.28. The maximum absolute atomic E-state index is 12.7. The van der Waals surface area contributed by atoms with Crippen LogP contribution in [0.3, 0.4) is 0 Å². The molecule has 0 spiro atoms. The van der Waals surface area contributed by atoms with Gasteiger partial charge in [0.25, 0.3) is 5.91 Å². The minimum absolute atomic E-state index is 0.112. The van der Waals surface area contributed by atoms with Crippen molar-refractivity contribution < 1.29 is 22.7 Å². The van der Waals surface area contributed by atoms with Crippen molar-refractivity contribution in [3.8, 4) is 22.5 Å². The molecule has 2 aromatic carbocycles. The predicted octanol–water partition coefficient (Wildman–Crippen LogP) is 5.12. The normalized spacial score (nSPS) is 14.0. The minimum Gasteiger partial charge on any atom is -0.351 e. The molecule has 1 aliphatic heterocycles. The molecule has 3 N–H and O–H groups in total. The van der Waals surface area contributed by atoms with Crippen LogP contribution in [0.15, 0.2) is 73.2 Å². The van der Waals surface area contributed by atoms with Gasteiger partial charge in [-0.05, 0) is 35.9 Å². The number of halogens is 3. The van der Waals surface area contributed by atoms with Crippen LogP contribution in [0, 0.1) is 0 Å². The first kappa shape index (κ1) is 23.7. The Hall–Kier alpha value is -4.71. The topological polar surface area (TPSA) is 112 Å². The van der Waals surface area contributed by atoms with Crippen LogP contribution in [-0.2, 0) is 4.74 Å². The molecule has 0 saturated carbocycles. The lowest BCUT2D eigenvalue weighted by Crippen LogP contribution is -2.56. The van der Waals surface area contributed by atoms with E-state index in [1.54, 1.807) is 24.5 Å². The van der Waals surface area contributed by atoms with Crippen LogP contribution in [0.5, 0.6) is 0 Å². The Morgan fingerprint density at radius 3 is 2.55 bits per heavy atom.